The zero-order chi connectivity index (χ0) is 18.9. The van der Waals surface area contributed by atoms with Crippen LogP contribution in [0.15, 0.2) is 54.0 Å². The summed E-state index contributed by atoms with van der Waals surface area (Å²) in [6.45, 7) is 0. The number of anilines is 2. The second kappa shape index (κ2) is 7.31. The molecule has 0 saturated carbocycles. The van der Waals surface area contributed by atoms with E-state index in [9.17, 15) is 0 Å². The average molecular weight is 425 g/mol. The van der Waals surface area contributed by atoms with Gasteiger partial charge in [-0.1, -0.05) is 53.3 Å². The molecule has 0 aliphatic heterocycles. The largest absolute Gasteiger partial charge is 0.329 e. The van der Waals surface area contributed by atoms with Crippen molar-refractivity contribution in [2.45, 2.75) is 6.42 Å². The molecule has 28 heavy (non-hydrogen) atoms. The summed E-state index contributed by atoms with van der Waals surface area (Å²) >= 11 is 9.59. The van der Waals surface area contributed by atoms with Crippen LogP contribution in [0.3, 0.4) is 0 Å². The van der Waals surface area contributed by atoms with Gasteiger partial charge < -0.3 is 5.32 Å². The second-order valence-corrected chi connectivity index (χ2v) is 8.37. The third-order valence-electron chi connectivity index (χ3n) is 4.17. The number of halogens is 1. The van der Waals surface area contributed by atoms with Crippen LogP contribution in [0, 0.1) is 0 Å². The summed E-state index contributed by atoms with van der Waals surface area (Å²) in [5.74, 6) is 0. The summed E-state index contributed by atoms with van der Waals surface area (Å²) in [4.78, 5) is 4.72. The molecule has 0 unspecified atom stereocenters. The fourth-order valence-corrected chi connectivity index (χ4v) is 4.68. The summed E-state index contributed by atoms with van der Waals surface area (Å²) in [5.41, 5.74) is 3.79. The van der Waals surface area contributed by atoms with E-state index in [-0.39, 0.29) is 0 Å². The minimum Gasteiger partial charge on any atom is -0.329 e. The number of fused-ring (bicyclic) bond motifs is 1. The Morgan fingerprint density at radius 2 is 1.96 bits per heavy atom. The number of hydrogen-bond acceptors (Lipinski definition) is 7. The average Bonchev–Trinajstić information content (AvgIpc) is 3.46. The molecule has 5 aromatic rings. The van der Waals surface area contributed by atoms with E-state index in [1.807, 2.05) is 30.3 Å². The molecule has 6 nitrogen and oxygen atoms in total. The van der Waals surface area contributed by atoms with Crippen LogP contribution in [0.5, 0.6) is 0 Å². The molecule has 0 amide bonds. The Morgan fingerprint density at radius 1 is 1.07 bits per heavy atom. The molecule has 0 fully saturated rings. The van der Waals surface area contributed by atoms with Crippen molar-refractivity contribution >= 4 is 56.0 Å². The van der Waals surface area contributed by atoms with Crippen molar-refractivity contribution in [2.75, 3.05) is 5.32 Å². The molecule has 2 aromatic carbocycles. The second-order valence-electron chi connectivity index (χ2n) is 6.07. The first kappa shape index (κ1) is 17.3. The van der Waals surface area contributed by atoms with Gasteiger partial charge in [-0.15, -0.1) is 21.5 Å². The maximum atomic E-state index is 6.46. The maximum Gasteiger partial charge on any atom is 0.210 e. The number of nitrogens with zero attached hydrogens (tertiary/aromatic N) is 4. The van der Waals surface area contributed by atoms with E-state index >= 15 is 0 Å². The van der Waals surface area contributed by atoms with Gasteiger partial charge in [0.2, 0.25) is 5.13 Å². The van der Waals surface area contributed by atoms with Crippen molar-refractivity contribution in [3.63, 3.8) is 0 Å². The lowest BCUT2D eigenvalue weighted by molar-refractivity contribution is 0.987. The summed E-state index contributed by atoms with van der Waals surface area (Å²) in [5, 5.41) is 24.8. The zero-order valence-electron chi connectivity index (χ0n) is 14.4. The monoisotopic (exact) mass is 424 g/mol. The molecular formula is C19H13ClN6S2. The molecule has 0 saturated heterocycles. The Morgan fingerprint density at radius 3 is 2.86 bits per heavy atom. The standard InChI is InChI=1S/C19H13ClN6S2/c20-17-13-9-21-24-14(13)6-7-15(17)23-19-26-25-16(28-19)8-12-10-27-18(22-12)11-4-2-1-3-5-11/h1-7,9-10H,8H2,(H,21,24)(H,23,26). The van der Waals surface area contributed by atoms with Gasteiger partial charge in [-0.25, -0.2) is 4.98 Å². The Bertz CT molecular complexity index is 1240. The van der Waals surface area contributed by atoms with E-state index in [4.69, 9.17) is 16.6 Å². The Labute approximate surface area is 173 Å². The summed E-state index contributed by atoms with van der Waals surface area (Å²) in [6.07, 6.45) is 2.36. The Kier molecular flexibility index (Phi) is 4.52. The van der Waals surface area contributed by atoms with Crippen LogP contribution in [0.1, 0.15) is 10.7 Å². The molecule has 9 heteroatoms. The van der Waals surface area contributed by atoms with Gasteiger partial charge in [0.05, 0.1) is 28.1 Å². The van der Waals surface area contributed by atoms with E-state index in [2.05, 4.69) is 43.2 Å². The molecule has 2 N–H and O–H groups in total. The van der Waals surface area contributed by atoms with Gasteiger partial charge in [0, 0.05) is 22.8 Å². The van der Waals surface area contributed by atoms with Gasteiger partial charge in [0.15, 0.2) is 0 Å². The van der Waals surface area contributed by atoms with E-state index in [1.54, 1.807) is 17.5 Å². The van der Waals surface area contributed by atoms with E-state index in [1.165, 1.54) is 11.3 Å². The predicted octanol–water partition coefficient (Wildman–Crippen LogP) is 5.53. The predicted molar refractivity (Wildman–Crippen MR) is 115 cm³/mol. The van der Waals surface area contributed by atoms with Crippen LogP contribution in [-0.4, -0.2) is 25.4 Å². The van der Waals surface area contributed by atoms with Gasteiger partial charge in [0.25, 0.3) is 0 Å². The van der Waals surface area contributed by atoms with Crippen molar-refractivity contribution in [3.8, 4) is 10.6 Å². The number of nitrogens with one attached hydrogen (secondary N) is 2. The summed E-state index contributed by atoms with van der Waals surface area (Å²) in [6, 6.07) is 14.0. The van der Waals surface area contributed by atoms with Crippen LogP contribution >= 0.6 is 34.3 Å². The molecule has 0 atom stereocenters. The van der Waals surface area contributed by atoms with Gasteiger partial charge in [-0.2, -0.15) is 5.10 Å². The first-order chi connectivity index (χ1) is 13.8. The third-order valence-corrected chi connectivity index (χ3v) is 6.36. The number of aromatic nitrogens is 5. The van der Waals surface area contributed by atoms with Gasteiger partial charge >= 0.3 is 0 Å². The Hall–Kier alpha value is -2.81. The molecule has 0 spiro atoms. The molecule has 0 radical (unpaired) electrons. The topological polar surface area (TPSA) is 79.4 Å². The molecule has 3 heterocycles. The molecule has 0 aliphatic carbocycles. The lowest BCUT2D eigenvalue weighted by Crippen LogP contribution is -1.90. The van der Waals surface area contributed by atoms with E-state index in [0.29, 0.717) is 16.6 Å². The summed E-state index contributed by atoms with van der Waals surface area (Å²) in [7, 11) is 0. The number of benzene rings is 2. The van der Waals surface area contributed by atoms with E-state index < -0.39 is 0 Å². The normalized spacial score (nSPS) is 11.2. The lowest BCUT2D eigenvalue weighted by Gasteiger charge is -2.04. The molecule has 0 aliphatic rings. The number of aromatic amines is 1. The zero-order valence-corrected chi connectivity index (χ0v) is 16.8. The number of hydrogen-bond donors (Lipinski definition) is 2. The van der Waals surface area contributed by atoms with Crippen molar-refractivity contribution < 1.29 is 0 Å². The molecule has 138 valence electrons. The maximum absolute atomic E-state index is 6.46. The Balaban J connectivity index is 1.32. The highest BCUT2D eigenvalue weighted by Gasteiger charge is 2.12. The first-order valence-electron chi connectivity index (χ1n) is 8.47. The van der Waals surface area contributed by atoms with Crippen molar-refractivity contribution in [1.82, 2.24) is 25.4 Å². The van der Waals surface area contributed by atoms with Gasteiger partial charge in [0.1, 0.15) is 10.0 Å². The molecule has 3 aromatic heterocycles. The SMILES string of the molecule is Clc1c(Nc2nnc(Cc3csc(-c4ccccc4)n3)s2)ccc2[nH]ncc12. The fourth-order valence-electron chi connectivity index (χ4n) is 2.83. The number of thiazole rings is 1. The van der Waals surface area contributed by atoms with E-state index in [0.717, 1.165) is 37.9 Å². The van der Waals surface area contributed by atoms with Crippen molar-refractivity contribution in [2.24, 2.45) is 0 Å². The highest BCUT2D eigenvalue weighted by molar-refractivity contribution is 7.15. The quantitative estimate of drug-likeness (QED) is 0.388. The summed E-state index contributed by atoms with van der Waals surface area (Å²) < 4.78 is 0. The van der Waals surface area contributed by atoms with Crippen LogP contribution in [0.4, 0.5) is 10.8 Å². The van der Waals surface area contributed by atoms with Gasteiger partial charge in [-0.3, -0.25) is 5.10 Å². The smallest absolute Gasteiger partial charge is 0.210 e. The minimum absolute atomic E-state index is 0.606. The van der Waals surface area contributed by atoms with Crippen LogP contribution in [0.2, 0.25) is 5.02 Å². The van der Waals surface area contributed by atoms with Crippen LogP contribution in [-0.2, 0) is 6.42 Å². The fraction of sp³-hybridized carbons (Fsp3) is 0.0526. The van der Waals surface area contributed by atoms with Crippen molar-refractivity contribution in [3.05, 3.63) is 69.8 Å². The minimum atomic E-state index is 0.606. The van der Waals surface area contributed by atoms with Crippen LogP contribution in [0.25, 0.3) is 21.5 Å². The van der Waals surface area contributed by atoms with Gasteiger partial charge in [-0.05, 0) is 12.1 Å². The number of rotatable bonds is 5. The number of H-pyrrole nitrogens is 1. The van der Waals surface area contributed by atoms with Crippen LogP contribution < -0.4 is 5.32 Å². The highest BCUT2D eigenvalue weighted by Crippen LogP contribution is 2.33. The van der Waals surface area contributed by atoms with Crippen molar-refractivity contribution in [1.29, 1.82) is 0 Å². The lowest BCUT2D eigenvalue weighted by atomic mass is 10.2. The molecule has 5 rings (SSSR count). The molecule has 0 bridgehead atoms. The molecular weight excluding hydrogens is 412 g/mol. The highest BCUT2D eigenvalue weighted by atomic mass is 35.5. The third kappa shape index (κ3) is 3.37. The first-order valence-corrected chi connectivity index (χ1v) is 10.5.